The number of aryl methyl sites for hydroxylation is 2. The molecule has 0 heterocycles. The second-order valence-electron chi connectivity index (χ2n) is 3.60. The maximum absolute atomic E-state index is 11.3. The number of primary sulfonamides is 1. The molecule has 0 aromatic heterocycles. The Labute approximate surface area is 106 Å². The molecule has 1 aromatic carbocycles. The first-order chi connectivity index (χ1) is 7.86. The van der Waals surface area contributed by atoms with Crippen molar-refractivity contribution in [3.05, 3.63) is 34.9 Å². The Balaban J connectivity index is 3.10. The number of hydrogen-bond acceptors (Lipinski definition) is 3. The molecule has 0 fully saturated rings. The van der Waals surface area contributed by atoms with E-state index >= 15 is 0 Å². The van der Waals surface area contributed by atoms with Crippen LogP contribution < -0.4 is 9.88 Å². The summed E-state index contributed by atoms with van der Waals surface area (Å²) in [6, 6.07) is 3.15. The summed E-state index contributed by atoms with van der Waals surface area (Å²) in [5.41, 5.74) is 2.63. The van der Waals surface area contributed by atoms with E-state index in [4.69, 9.17) is 21.5 Å². The van der Waals surface area contributed by atoms with E-state index in [2.05, 4.69) is 0 Å². The van der Waals surface area contributed by atoms with Gasteiger partial charge < -0.3 is 4.74 Å². The van der Waals surface area contributed by atoms with Gasteiger partial charge in [0.1, 0.15) is 12.4 Å². The van der Waals surface area contributed by atoms with Crippen molar-refractivity contribution < 1.29 is 13.2 Å². The molecular weight excluding hydrogens is 262 g/mol. The molecule has 17 heavy (non-hydrogen) atoms. The summed E-state index contributed by atoms with van der Waals surface area (Å²) in [5.74, 6) is 0.615. The SMILES string of the molecule is Cc1cc(S(N)(=O)=O)c(C)cc1OC/C=C/Cl. The van der Waals surface area contributed by atoms with E-state index in [0.717, 1.165) is 0 Å². The molecular formula is C11H14ClNO3S. The topological polar surface area (TPSA) is 69.4 Å². The molecule has 0 aliphatic rings. The fourth-order valence-electron chi connectivity index (χ4n) is 1.40. The first-order valence-corrected chi connectivity index (χ1v) is 6.86. The van der Waals surface area contributed by atoms with E-state index in [1.165, 1.54) is 11.6 Å². The monoisotopic (exact) mass is 275 g/mol. The van der Waals surface area contributed by atoms with Crippen molar-refractivity contribution in [3.8, 4) is 5.75 Å². The van der Waals surface area contributed by atoms with Gasteiger partial charge in [0.05, 0.1) is 4.90 Å². The van der Waals surface area contributed by atoms with E-state index in [0.29, 0.717) is 23.5 Å². The van der Waals surface area contributed by atoms with Gasteiger partial charge in [-0.15, -0.1) is 0 Å². The third-order valence-electron chi connectivity index (χ3n) is 2.20. The third kappa shape index (κ3) is 3.73. The Hall–Kier alpha value is -1.04. The lowest BCUT2D eigenvalue weighted by atomic mass is 10.1. The standard InChI is InChI=1S/C11H14ClNO3S/c1-8-7-11(17(13,14)15)9(2)6-10(8)16-5-3-4-12/h3-4,6-7H,5H2,1-2H3,(H2,13,14,15)/b4-3+. The Bertz CT molecular complexity index is 538. The molecule has 0 radical (unpaired) electrons. The van der Waals surface area contributed by atoms with Crippen molar-refractivity contribution >= 4 is 21.6 Å². The average molecular weight is 276 g/mol. The van der Waals surface area contributed by atoms with Gasteiger partial charge in [0.2, 0.25) is 10.0 Å². The van der Waals surface area contributed by atoms with Gasteiger partial charge in [0.25, 0.3) is 0 Å². The van der Waals surface area contributed by atoms with Crippen LogP contribution in [0, 0.1) is 13.8 Å². The normalized spacial score (nSPS) is 12.0. The van der Waals surface area contributed by atoms with Crippen LogP contribution in [0.15, 0.2) is 28.6 Å². The molecule has 0 atom stereocenters. The van der Waals surface area contributed by atoms with Gasteiger partial charge in [0, 0.05) is 5.54 Å². The molecule has 94 valence electrons. The van der Waals surface area contributed by atoms with Crippen molar-refractivity contribution in [2.24, 2.45) is 5.14 Å². The van der Waals surface area contributed by atoms with Crippen LogP contribution in [0.2, 0.25) is 0 Å². The van der Waals surface area contributed by atoms with E-state index in [1.54, 1.807) is 26.0 Å². The molecule has 1 aromatic rings. The van der Waals surface area contributed by atoms with Gasteiger partial charge in [-0.25, -0.2) is 13.6 Å². The van der Waals surface area contributed by atoms with Crippen molar-refractivity contribution in [3.63, 3.8) is 0 Å². The van der Waals surface area contributed by atoms with Crippen LogP contribution in [0.1, 0.15) is 11.1 Å². The van der Waals surface area contributed by atoms with Gasteiger partial charge in [-0.2, -0.15) is 0 Å². The maximum Gasteiger partial charge on any atom is 0.238 e. The molecule has 1 rings (SSSR count). The molecule has 2 N–H and O–H groups in total. The number of benzene rings is 1. The van der Waals surface area contributed by atoms with E-state index in [-0.39, 0.29) is 4.90 Å². The zero-order valence-corrected chi connectivity index (χ0v) is 11.2. The highest BCUT2D eigenvalue weighted by molar-refractivity contribution is 7.89. The van der Waals surface area contributed by atoms with E-state index in [1.807, 2.05) is 0 Å². The van der Waals surface area contributed by atoms with Crippen LogP contribution >= 0.6 is 11.6 Å². The largest absolute Gasteiger partial charge is 0.489 e. The van der Waals surface area contributed by atoms with Crippen LogP contribution in [-0.4, -0.2) is 15.0 Å². The molecule has 0 saturated heterocycles. The zero-order valence-electron chi connectivity index (χ0n) is 9.60. The number of halogens is 1. The summed E-state index contributed by atoms with van der Waals surface area (Å²) < 4.78 is 28.0. The highest BCUT2D eigenvalue weighted by atomic mass is 35.5. The Kier molecular flexibility index (Phi) is 4.56. The number of rotatable bonds is 4. The fraction of sp³-hybridized carbons (Fsp3) is 0.273. The highest BCUT2D eigenvalue weighted by Gasteiger charge is 2.14. The quantitative estimate of drug-likeness (QED) is 0.915. The lowest BCUT2D eigenvalue weighted by Crippen LogP contribution is -2.14. The smallest absolute Gasteiger partial charge is 0.238 e. The van der Waals surface area contributed by atoms with Crippen LogP contribution in [0.5, 0.6) is 5.75 Å². The van der Waals surface area contributed by atoms with Gasteiger partial charge >= 0.3 is 0 Å². The summed E-state index contributed by atoms with van der Waals surface area (Å²) in [4.78, 5) is 0.121. The molecule has 6 heteroatoms. The Morgan fingerprint density at radius 2 is 2.00 bits per heavy atom. The maximum atomic E-state index is 11.3. The van der Waals surface area contributed by atoms with Crippen LogP contribution in [0.4, 0.5) is 0 Å². The van der Waals surface area contributed by atoms with Crippen LogP contribution in [-0.2, 0) is 10.0 Å². The predicted octanol–water partition coefficient (Wildman–Crippen LogP) is 2.08. The minimum absolute atomic E-state index is 0.121. The molecule has 0 saturated carbocycles. The molecule has 0 spiro atoms. The van der Waals surface area contributed by atoms with Crippen LogP contribution in [0.25, 0.3) is 0 Å². The summed E-state index contributed by atoms with van der Waals surface area (Å²) in [5, 5.41) is 5.10. The molecule has 0 unspecified atom stereocenters. The predicted molar refractivity (Wildman–Crippen MR) is 67.8 cm³/mol. The Morgan fingerprint density at radius 3 is 2.53 bits per heavy atom. The van der Waals surface area contributed by atoms with Gasteiger partial charge in [-0.1, -0.05) is 11.6 Å². The molecule has 0 aliphatic carbocycles. The Morgan fingerprint density at radius 1 is 1.35 bits per heavy atom. The first-order valence-electron chi connectivity index (χ1n) is 4.88. The number of ether oxygens (including phenoxy) is 1. The minimum Gasteiger partial charge on any atom is -0.489 e. The zero-order chi connectivity index (χ0) is 13.1. The second kappa shape index (κ2) is 5.53. The molecule has 0 bridgehead atoms. The van der Waals surface area contributed by atoms with Gasteiger partial charge in [-0.3, -0.25) is 0 Å². The average Bonchev–Trinajstić information content (AvgIpc) is 2.21. The minimum atomic E-state index is -3.69. The first kappa shape index (κ1) is 14.0. The number of nitrogens with two attached hydrogens (primary N) is 1. The van der Waals surface area contributed by atoms with Crippen molar-refractivity contribution in [1.82, 2.24) is 0 Å². The van der Waals surface area contributed by atoms with E-state index < -0.39 is 10.0 Å². The summed E-state index contributed by atoms with van der Waals surface area (Å²) >= 11 is 5.37. The van der Waals surface area contributed by atoms with Crippen molar-refractivity contribution in [2.45, 2.75) is 18.7 Å². The summed E-state index contributed by atoms with van der Waals surface area (Å²) in [6.45, 7) is 3.76. The lowest BCUT2D eigenvalue weighted by Gasteiger charge is -2.11. The van der Waals surface area contributed by atoms with E-state index in [9.17, 15) is 8.42 Å². The highest BCUT2D eigenvalue weighted by Crippen LogP contribution is 2.25. The third-order valence-corrected chi connectivity index (χ3v) is 3.43. The lowest BCUT2D eigenvalue weighted by molar-refractivity contribution is 0.360. The van der Waals surface area contributed by atoms with Crippen LogP contribution in [0.3, 0.4) is 0 Å². The van der Waals surface area contributed by atoms with Crippen molar-refractivity contribution in [1.29, 1.82) is 0 Å². The van der Waals surface area contributed by atoms with Gasteiger partial charge in [-0.05, 0) is 43.2 Å². The second-order valence-corrected chi connectivity index (χ2v) is 5.38. The summed E-state index contributed by atoms with van der Waals surface area (Å²) in [6.07, 6.45) is 1.64. The summed E-state index contributed by atoms with van der Waals surface area (Å²) in [7, 11) is -3.69. The van der Waals surface area contributed by atoms with Crippen molar-refractivity contribution in [2.75, 3.05) is 6.61 Å². The molecule has 0 aliphatic heterocycles. The molecule has 0 amide bonds. The molecule has 4 nitrogen and oxygen atoms in total. The number of sulfonamides is 1. The number of hydrogen-bond donors (Lipinski definition) is 1. The fourth-order valence-corrected chi connectivity index (χ4v) is 2.32. The van der Waals surface area contributed by atoms with Gasteiger partial charge in [0.15, 0.2) is 0 Å².